The molecule has 1 aromatic rings. The lowest BCUT2D eigenvalue weighted by Gasteiger charge is -2.17. The van der Waals surface area contributed by atoms with E-state index in [1.54, 1.807) is 7.11 Å². The van der Waals surface area contributed by atoms with Gasteiger partial charge in [-0.3, -0.25) is 0 Å². The molecular formula is C12H18ClNO. The maximum absolute atomic E-state index is 6.10. The summed E-state index contributed by atoms with van der Waals surface area (Å²) in [6.07, 6.45) is 0.927. The van der Waals surface area contributed by atoms with Gasteiger partial charge in [0.1, 0.15) is 5.75 Å². The van der Waals surface area contributed by atoms with Crippen LogP contribution in [0.1, 0.15) is 31.9 Å². The third-order valence-corrected chi connectivity index (χ3v) is 2.55. The van der Waals surface area contributed by atoms with Crippen molar-refractivity contribution in [2.75, 3.05) is 7.11 Å². The van der Waals surface area contributed by atoms with Crippen LogP contribution in [0.15, 0.2) is 18.2 Å². The molecule has 1 rings (SSSR count). The van der Waals surface area contributed by atoms with E-state index in [4.69, 9.17) is 22.1 Å². The fraction of sp³-hybridized carbons (Fsp3) is 0.500. The van der Waals surface area contributed by atoms with Gasteiger partial charge in [0.2, 0.25) is 0 Å². The predicted molar refractivity (Wildman–Crippen MR) is 64.4 cm³/mol. The van der Waals surface area contributed by atoms with Gasteiger partial charge in [-0.05, 0) is 30.5 Å². The van der Waals surface area contributed by atoms with E-state index < -0.39 is 0 Å². The molecule has 2 nitrogen and oxygen atoms in total. The van der Waals surface area contributed by atoms with Gasteiger partial charge < -0.3 is 10.5 Å². The number of benzene rings is 1. The average molecular weight is 228 g/mol. The van der Waals surface area contributed by atoms with Crippen LogP contribution >= 0.6 is 11.6 Å². The third-order valence-electron chi connectivity index (χ3n) is 2.32. The van der Waals surface area contributed by atoms with E-state index in [1.165, 1.54) is 0 Å². The minimum Gasteiger partial charge on any atom is -0.496 e. The molecule has 0 aromatic heterocycles. The lowest BCUT2D eigenvalue weighted by atomic mass is 9.97. The monoisotopic (exact) mass is 227 g/mol. The molecule has 0 radical (unpaired) electrons. The average Bonchev–Trinajstić information content (AvgIpc) is 2.16. The molecule has 0 bridgehead atoms. The zero-order chi connectivity index (χ0) is 11.4. The van der Waals surface area contributed by atoms with Gasteiger partial charge in [0, 0.05) is 16.6 Å². The molecule has 0 spiro atoms. The molecule has 0 saturated heterocycles. The van der Waals surface area contributed by atoms with Crippen molar-refractivity contribution >= 4 is 11.6 Å². The second-order valence-electron chi connectivity index (χ2n) is 4.12. The van der Waals surface area contributed by atoms with Crippen molar-refractivity contribution in [3.8, 4) is 5.75 Å². The van der Waals surface area contributed by atoms with Gasteiger partial charge in [0.25, 0.3) is 0 Å². The molecule has 2 N–H and O–H groups in total. The fourth-order valence-electron chi connectivity index (χ4n) is 1.63. The maximum atomic E-state index is 6.10. The number of rotatable bonds is 4. The maximum Gasteiger partial charge on any atom is 0.123 e. The van der Waals surface area contributed by atoms with Gasteiger partial charge in [0.15, 0.2) is 0 Å². The van der Waals surface area contributed by atoms with E-state index in [-0.39, 0.29) is 6.04 Å². The quantitative estimate of drug-likeness (QED) is 0.856. The number of hydrogen-bond donors (Lipinski definition) is 1. The van der Waals surface area contributed by atoms with Crippen LogP contribution in [0, 0.1) is 5.92 Å². The number of ether oxygens (including phenoxy) is 1. The summed E-state index contributed by atoms with van der Waals surface area (Å²) >= 11 is 5.94. The number of nitrogens with two attached hydrogens (primary N) is 1. The second-order valence-corrected chi connectivity index (χ2v) is 4.56. The third kappa shape index (κ3) is 3.40. The number of hydrogen-bond acceptors (Lipinski definition) is 2. The van der Waals surface area contributed by atoms with E-state index in [2.05, 4.69) is 13.8 Å². The Morgan fingerprint density at radius 1 is 1.40 bits per heavy atom. The summed E-state index contributed by atoms with van der Waals surface area (Å²) in [5, 5.41) is 0.699. The van der Waals surface area contributed by atoms with Crippen molar-refractivity contribution in [1.29, 1.82) is 0 Å². The first-order chi connectivity index (χ1) is 7.04. The summed E-state index contributed by atoms with van der Waals surface area (Å²) in [7, 11) is 1.65. The van der Waals surface area contributed by atoms with Gasteiger partial charge >= 0.3 is 0 Å². The molecule has 1 atom stereocenters. The standard InChI is InChI=1S/C12H18ClNO/c1-8(2)6-11(14)10-7-9(13)4-5-12(10)15-3/h4-5,7-8,11H,6,14H2,1-3H3. The summed E-state index contributed by atoms with van der Waals surface area (Å²) in [4.78, 5) is 0. The van der Waals surface area contributed by atoms with Crippen molar-refractivity contribution < 1.29 is 4.74 Å². The molecule has 0 aliphatic heterocycles. The molecule has 3 heteroatoms. The van der Waals surface area contributed by atoms with Gasteiger partial charge in [0.05, 0.1) is 7.11 Å². The molecule has 0 aliphatic rings. The first kappa shape index (κ1) is 12.3. The van der Waals surface area contributed by atoms with E-state index >= 15 is 0 Å². The lowest BCUT2D eigenvalue weighted by molar-refractivity contribution is 0.399. The Balaban J connectivity index is 2.94. The van der Waals surface area contributed by atoms with Crippen LogP contribution in [0.5, 0.6) is 5.75 Å². The molecule has 84 valence electrons. The Morgan fingerprint density at radius 3 is 2.60 bits per heavy atom. The highest BCUT2D eigenvalue weighted by atomic mass is 35.5. The zero-order valence-electron chi connectivity index (χ0n) is 9.46. The summed E-state index contributed by atoms with van der Waals surface area (Å²) < 4.78 is 5.26. The summed E-state index contributed by atoms with van der Waals surface area (Å²) in [5.41, 5.74) is 7.09. The summed E-state index contributed by atoms with van der Waals surface area (Å²) in [6.45, 7) is 4.30. The van der Waals surface area contributed by atoms with E-state index in [1.807, 2.05) is 18.2 Å². The number of methoxy groups -OCH3 is 1. The molecule has 1 unspecified atom stereocenters. The van der Waals surface area contributed by atoms with Crippen molar-refractivity contribution in [3.63, 3.8) is 0 Å². The Hall–Kier alpha value is -0.730. The first-order valence-corrected chi connectivity index (χ1v) is 5.51. The van der Waals surface area contributed by atoms with Gasteiger partial charge in [-0.1, -0.05) is 25.4 Å². The Morgan fingerprint density at radius 2 is 2.07 bits per heavy atom. The summed E-state index contributed by atoms with van der Waals surface area (Å²) in [5.74, 6) is 1.37. The minimum atomic E-state index is -0.0151. The largest absolute Gasteiger partial charge is 0.496 e. The van der Waals surface area contributed by atoms with Crippen LogP contribution in [0.4, 0.5) is 0 Å². The highest BCUT2D eigenvalue weighted by Crippen LogP contribution is 2.30. The van der Waals surface area contributed by atoms with Gasteiger partial charge in [-0.15, -0.1) is 0 Å². The van der Waals surface area contributed by atoms with Crippen LogP contribution in [0.2, 0.25) is 5.02 Å². The molecule has 0 heterocycles. The number of halogens is 1. The van der Waals surface area contributed by atoms with Crippen molar-refractivity contribution in [3.05, 3.63) is 28.8 Å². The Bertz CT molecular complexity index is 325. The molecular weight excluding hydrogens is 210 g/mol. The van der Waals surface area contributed by atoms with Gasteiger partial charge in [-0.2, -0.15) is 0 Å². The second kappa shape index (κ2) is 5.38. The Labute approximate surface area is 96.4 Å². The topological polar surface area (TPSA) is 35.2 Å². The van der Waals surface area contributed by atoms with Gasteiger partial charge in [-0.25, -0.2) is 0 Å². The molecule has 1 aromatic carbocycles. The predicted octanol–water partition coefficient (Wildman–Crippen LogP) is 3.39. The zero-order valence-corrected chi connectivity index (χ0v) is 10.2. The fourth-order valence-corrected chi connectivity index (χ4v) is 1.81. The molecule has 0 saturated carbocycles. The van der Waals surface area contributed by atoms with Crippen LogP contribution in [-0.4, -0.2) is 7.11 Å². The van der Waals surface area contributed by atoms with E-state index in [0.717, 1.165) is 17.7 Å². The minimum absolute atomic E-state index is 0.0151. The van der Waals surface area contributed by atoms with Crippen molar-refractivity contribution in [1.82, 2.24) is 0 Å². The first-order valence-electron chi connectivity index (χ1n) is 5.13. The molecule has 15 heavy (non-hydrogen) atoms. The van der Waals surface area contributed by atoms with Crippen molar-refractivity contribution in [2.24, 2.45) is 11.7 Å². The lowest BCUT2D eigenvalue weighted by Crippen LogP contribution is -2.14. The highest BCUT2D eigenvalue weighted by molar-refractivity contribution is 6.30. The van der Waals surface area contributed by atoms with E-state index in [9.17, 15) is 0 Å². The Kier molecular flexibility index (Phi) is 4.43. The molecule has 0 fully saturated rings. The molecule has 0 aliphatic carbocycles. The van der Waals surface area contributed by atoms with Crippen LogP contribution in [0.3, 0.4) is 0 Å². The molecule has 0 amide bonds. The SMILES string of the molecule is COc1ccc(Cl)cc1C(N)CC(C)C. The van der Waals surface area contributed by atoms with Crippen LogP contribution in [-0.2, 0) is 0 Å². The normalized spacial score (nSPS) is 12.9. The smallest absolute Gasteiger partial charge is 0.123 e. The van der Waals surface area contributed by atoms with E-state index in [0.29, 0.717) is 10.9 Å². The van der Waals surface area contributed by atoms with Crippen LogP contribution in [0.25, 0.3) is 0 Å². The summed E-state index contributed by atoms with van der Waals surface area (Å²) in [6, 6.07) is 5.54. The van der Waals surface area contributed by atoms with Crippen LogP contribution < -0.4 is 10.5 Å². The highest BCUT2D eigenvalue weighted by Gasteiger charge is 2.13. The van der Waals surface area contributed by atoms with Crippen molar-refractivity contribution in [2.45, 2.75) is 26.3 Å².